The minimum absolute atomic E-state index is 0.0280. The first-order valence-corrected chi connectivity index (χ1v) is 8.22. The highest BCUT2D eigenvalue weighted by atomic mass is 16.5. The van der Waals surface area contributed by atoms with Crippen molar-refractivity contribution in [3.05, 3.63) is 18.0 Å². The van der Waals surface area contributed by atoms with Crippen LogP contribution in [0.1, 0.15) is 24.8 Å². The number of ether oxygens (including phenoxy) is 1. The number of aryl methyl sites for hydroxylation is 1. The molecule has 6 heteroatoms. The number of likely N-dealkylation sites (tertiary alicyclic amines) is 2. The summed E-state index contributed by atoms with van der Waals surface area (Å²) >= 11 is 0. The van der Waals surface area contributed by atoms with Gasteiger partial charge in [-0.3, -0.25) is 14.4 Å². The molecule has 0 N–H and O–H groups in total. The molecule has 0 radical (unpaired) electrons. The highest BCUT2D eigenvalue weighted by molar-refractivity contribution is 5.82. The van der Waals surface area contributed by atoms with Gasteiger partial charge in [0.1, 0.15) is 0 Å². The van der Waals surface area contributed by atoms with Crippen LogP contribution in [0.2, 0.25) is 0 Å². The van der Waals surface area contributed by atoms with E-state index in [4.69, 9.17) is 4.74 Å². The van der Waals surface area contributed by atoms with E-state index in [1.807, 2.05) is 28.9 Å². The molecule has 0 unspecified atom stereocenters. The Kier molecular flexibility index (Phi) is 4.78. The average Bonchev–Trinajstić information content (AvgIpc) is 3.25. The third-order valence-electron chi connectivity index (χ3n) is 4.78. The summed E-state index contributed by atoms with van der Waals surface area (Å²) in [6.07, 6.45) is 7.16. The van der Waals surface area contributed by atoms with Crippen LogP contribution < -0.4 is 0 Å². The Morgan fingerprint density at radius 2 is 2.14 bits per heavy atom. The maximum Gasteiger partial charge on any atom is 0.240 e. The normalized spacial score (nSPS) is 26.0. The predicted molar refractivity (Wildman–Crippen MR) is 83.6 cm³/mol. The Balaban J connectivity index is 1.62. The topological polar surface area (TPSA) is 50.6 Å². The van der Waals surface area contributed by atoms with Crippen molar-refractivity contribution in [2.75, 3.05) is 33.3 Å². The van der Waals surface area contributed by atoms with Crippen molar-refractivity contribution in [3.63, 3.8) is 0 Å². The van der Waals surface area contributed by atoms with Gasteiger partial charge in [-0.25, -0.2) is 0 Å². The summed E-state index contributed by atoms with van der Waals surface area (Å²) < 4.78 is 7.46. The molecule has 0 saturated carbocycles. The molecule has 2 aliphatic heterocycles. The van der Waals surface area contributed by atoms with E-state index in [0.717, 1.165) is 52.0 Å². The van der Waals surface area contributed by atoms with Crippen LogP contribution in [0.3, 0.4) is 0 Å². The van der Waals surface area contributed by atoms with E-state index in [-0.39, 0.29) is 18.1 Å². The van der Waals surface area contributed by atoms with Crippen LogP contribution in [0.5, 0.6) is 0 Å². The Hall–Kier alpha value is -1.40. The van der Waals surface area contributed by atoms with Gasteiger partial charge in [-0.2, -0.15) is 5.10 Å². The highest BCUT2D eigenvalue weighted by Crippen LogP contribution is 2.23. The first-order valence-electron chi connectivity index (χ1n) is 8.22. The lowest BCUT2D eigenvalue weighted by Gasteiger charge is -2.27. The maximum absolute atomic E-state index is 12.7. The molecule has 2 atom stereocenters. The second-order valence-electron chi connectivity index (χ2n) is 6.42. The van der Waals surface area contributed by atoms with Crippen molar-refractivity contribution in [2.45, 2.75) is 44.9 Å². The van der Waals surface area contributed by atoms with Crippen LogP contribution >= 0.6 is 0 Å². The summed E-state index contributed by atoms with van der Waals surface area (Å²) in [7, 11) is 1.74. The van der Waals surface area contributed by atoms with E-state index in [9.17, 15) is 4.79 Å². The van der Waals surface area contributed by atoms with Crippen LogP contribution in [-0.2, 0) is 16.1 Å². The monoisotopic (exact) mass is 306 g/mol. The third-order valence-corrected chi connectivity index (χ3v) is 4.78. The smallest absolute Gasteiger partial charge is 0.240 e. The Morgan fingerprint density at radius 3 is 2.77 bits per heavy atom. The van der Waals surface area contributed by atoms with Crippen molar-refractivity contribution in [2.24, 2.45) is 0 Å². The number of rotatable bonds is 5. The summed E-state index contributed by atoms with van der Waals surface area (Å²) in [5.74, 6) is 0.286. The molecule has 0 aromatic carbocycles. The van der Waals surface area contributed by atoms with E-state index < -0.39 is 0 Å². The number of hydrogen-bond acceptors (Lipinski definition) is 4. The van der Waals surface area contributed by atoms with Crippen molar-refractivity contribution in [1.82, 2.24) is 19.6 Å². The minimum atomic E-state index is -0.0280. The van der Waals surface area contributed by atoms with Crippen LogP contribution in [0.15, 0.2) is 12.4 Å². The lowest BCUT2D eigenvalue weighted by molar-refractivity contribution is -0.135. The van der Waals surface area contributed by atoms with Gasteiger partial charge in [-0.1, -0.05) is 0 Å². The molecular weight excluding hydrogens is 280 g/mol. The molecule has 2 aliphatic rings. The van der Waals surface area contributed by atoms with E-state index in [2.05, 4.69) is 10.00 Å². The second-order valence-corrected chi connectivity index (χ2v) is 6.42. The molecule has 0 aliphatic carbocycles. The fraction of sp³-hybridized carbons (Fsp3) is 0.750. The van der Waals surface area contributed by atoms with Crippen LogP contribution in [0.4, 0.5) is 0 Å². The summed E-state index contributed by atoms with van der Waals surface area (Å²) in [5.41, 5.74) is 1.17. The zero-order valence-electron chi connectivity index (χ0n) is 13.6. The van der Waals surface area contributed by atoms with Crippen molar-refractivity contribution >= 4 is 5.91 Å². The maximum atomic E-state index is 12.7. The molecule has 122 valence electrons. The van der Waals surface area contributed by atoms with Crippen LogP contribution in [0, 0.1) is 6.92 Å². The van der Waals surface area contributed by atoms with Crippen LogP contribution in [-0.4, -0.2) is 70.9 Å². The number of methoxy groups -OCH3 is 1. The van der Waals surface area contributed by atoms with E-state index in [1.165, 1.54) is 5.56 Å². The van der Waals surface area contributed by atoms with Gasteiger partial charge >= 0.3 is 0 Å². The zero-order chi connectivity index (χ0) is 15.5. The molecule has 1 aromatic rings. The van der Waals surface area contributed by atoms with Crippen molar-refractivity contribution < 1.29 is 9.53 Å². The number of aromatic nitrogens is 2. The Labute approximate surface area is 132 Å². The average molecular weight is 306 g/mol. The second kappa shape index (κ2) is 6.79. The summed E-state index contributed by atoms with van der Waals surface area (Å²) in [6.45, 7) is 6.36. The lowest BCUT2D eigenvalue weighted by atomic mass is 10.1. The van der Waals surface area contributed by atoms with Crippen LogP contribution in [0.25, 0.3) is 0 Å². The molecule has 0 bridgehead atoms. The number of hydrogen-bond donors (Lipinski definition) is 0. The fourth-order valence-electron chi connectivity index (χ4n) is 3.50. The molecule has 2 fully saturated rings. The van der Waals surface area contributed by atoms with Crippen molar-refractivity contribution in [1.29, 1.82) is 0 Å². The SMILES string of the molecule is CO[C@H]1C[C@@H](C(=O)N2CCCC2)N(CCn2cc(C)cn2)C1. The summed E-state index contributed by atoms with van der Waals surface area (Å²) in [5, 5.41) is 4.33. The van der Waals surface area contributed by atoms with Gasteiger partial charge in [-0.15, -0.1) is 0 Å². The lowest BCUT2D eigenvalue weighted by Crippen LogP contribution is -2.45. The Morgan fingerprint density at radius 1 is 1.36 bits per heavy atom. The van der Waals surface area contributed by atoms with Gasteiger partial charge in [0.05, 0.1) is 24.9 Å². The molecule has 6 nitrogen and oxygen atoms in total. The molecular formula is C16H26N4O2. The van der Waals surface area contributed by atoms with E-state index in [0.29, 0.717) is 0 Å². The number of nitrogens with zero attached hydrogens (tertiary/aromatic N) is 4. The van der Waals surface area contributed by atoms with Gasteiger partial charge in [0.15, 0.2) is 0 Å². The van der Waals surface area contributed by atoms with Gasteiger partial charge in [0.2, 0.25) is 5.91 Å². The van der Waals surface area contributed by atoms with E-state index >= 15 is 0 Å². The van der Waals surface area contributed by atoms with Gasteiger partial charge < -0.3 is 9.64 Å². The van der Waals surface area contributed by atoms with Gasteiger partial charge in [0.25, 0.3) is 0 Å². The van der Waals surface area contributed by atoms with Gasteiger partial charge in [0, 0.05) is 39.5 Å². The molecule has 1 aromatic heterocycles. The standard InChI is InChI=1S/C16H26N4O2/c1-13-10-17-20(11-13)8-7-19-12-14(22-2)9-15(19)16(21)18-5-3-4-6-18/h10-11,14-15H,3-9,12H2,1-2H3/t14-,15-/m0/s1. The largest absolute Gasteiger partial charge is 0.380 e. The van der Waals surface area contributed by atoms with Crippen molar-refractivity contribution in [3.8, 4) is 0 Å². The molecule has 3 heterocycles. The molecule has 1 amide bonds. The molecule has 2 saturated heterocycles. The first-order chi connectivity index (χ1) is 10.7. The minimum Gasteiger partial charge on any atom is -0.380 e. The Bertz CT molecular complexity index is 510. The van der Waals surface area contributed by atoms with Gasteiger partial charge in [-0.05, 0) is 31.7 Å². The highest BCUT2D eigenvalue weighted by Gasteiger charge is 2.39. The predicted octanol–water partition coefficient (Wildman–Crippen LogP) is 0.903. The van der Waals surface area contributed by atoms with E-state index in [1.54, 1.807) is 7.11 Å². The summed E-state index contributed by atoms with van der Waals surface area (Å²) in [4.78, 5) is 17.0. The zero-order valence-corrected chi connectivity index (χ0v) is 13.6. The third kappa shape index (κ3) is 3.33. The molecule has 22 heavy (non-hydrogen) atoms. The number of carbonyl (C=O) groups is 1. The summed E-state index contributed by atoms with van der Waals surface area (Å²) in [6, 6.07) is -0.0280. The quantitative estimate of drug-likeness (QED) is 0.811. The first kappa shape index (κ1) is 15.5. The molecule has 0 spiro atoms. The number of carbonyl (C=O) groups excluding carboxylic acids is 1. The number of amides is 1. The fourth-order valence-corrected chi connectivity index (χ4v) is 3.50. The molecule has 3 rings (SSSR count).